The van der Waals surface area contributed by atoms with E-state index in [1.54, 1.807) is 42.3 Å². The van der Waals surface area contributed by atoms with Gasteiger partial charge in [-0.3, -0.25) is 9.59 Å². The molecular formula is C17H24N2O3. The minimum Gasteiger partial charge on any atom is -0.490 e. The van der Waals surface area contributed by atoms with Gasteiger partial charge < -0.3 is 14.5 Å². The molecule has 0 aliphatic carbocycles. The SMILES string of the molecule is C=CCOc1ccc(C(=O)N(C)CC(=O)N(CC)CC)cc1. The molecule has 0 N–H and O–H groups in total. The number of ether oxygens (including phenoxy) is 1. The zero-order valence-corrected chi connectivity index (χ0v) is 13.5. The normalized spacial score (nSPS) is 9.95. The zero-order chi connectivity index (χ0) is 16.5. The molecular weight excluding hydrogens is 280 g/mol. The molecule has 1 rings (SSSR count). The summed E-state index contributed by atoms with van der Waals surface area (Å²) in [5.41, 5.74) is 0.529. The van der Waals surface area contributed by atoms with E-state index in [0.717, 1.165) is 0 Å². The van der Waals surface area contributed by atoms with Gasteiger partial charge in [-0.25, -0.2) is 0 Å². The number of hydrogen-bond acceptors (Lipinski definition) is 3. The molecule has 0 atom stereocenters. The molecule has 5 heteroatoms. The van der Waals surface area contributed by atoms with Gasteiger partial charge in [-0.15, -0.1) is 0 Å². The van der Waals surface area contributed by atoms with Crippen LogP contribution in [0.2, 0.25) is 0 Å². The Balaban J connectivity index is 2.66. The minimum atomic E-state index is -0.184. The van der Waals surface area contributed by atoms with Crippen molar-refractivity contribution in [2.45, 2.75) is 13.8 Å². The van der Waals surface area contributed by atoms with Gasteiger partial charge in [0.15, 0.2) is 0 Å². The summed E-state index contributed by atoms with van der Waals surface area (Å²) < 4.78 is 5.37. The number of carbonyl (C=O) groups is 2. The van der Waals surface area contributed by atoms with Gasteiger partial charge in [-0.2, -0.15) is 0 Å². The van der Waals surface area contributed by atoms with Gasteiger partial charge in [-0.1, -0.05) is 12.7 Å². The van der Waals surface area contributed by atoms with Crippen LogP contribution < -0.4 is 4.74 Å². The van der Waals surface area contributed by atoms with Crippen molar-refractivity contribution >= 4 is 11.8 Å². The van der Waals surface area contributed by atoms with Crippen molar-refractivity contribution in [3.8, 4) is 5.75 Å². The van der Waals surface area contributed by atoms with Crippen molar-refractivity contribution in [2.75, 3.05) is 33.3 Å². The average molecular weight is 304 g/mol. The Hall–Kier alpha value is -2.30. The van der Waals surface area contributed by atoms with Gasteiger partial charge in [0.25, 0.3) is 5.91 Å². The van der Waals surface area contributed by atoms with Crippen molar-refractivity contribution in [1.29, 1.82) is 0 Å². The highest BCUT2D eigenvalue weighted by atomic mass is 16.5. The third-order valence-electron chi connectivity index (χ3n) is 3.30. The molecule has 0 fully saturated rings. The molecule has 2 amide bonds. The van der Waals surface area contributed by atoms with Crippen LogP contribution in [0.1, 0.15) is 24.2 Å². The third-order valence-corrected chi connectivity index (χ3v) is 3.30. The Morgan fingerprint density at radius 2 is 1.77 bits per heavy atom. The largest absolute Gasteiger partial charge is 0.490 e. The standard InChI is InChI=1S/C17H24N2O3/c1-5-12-22-15-10-8-14(9-11-15)17(21)18(4)13-16(20)19(6-2)7-3/h5,8-11H,1,6-7,12-13H2,2-4H3. The van der Waals surface area contributed by atoms with E-state index in [9.17, 15) is 9.59 Å². The summed E-state index contributed by atoms with van der Waals surface area (Å²) in [4.78, 5) is 27.5. The second kappa shape index (κ2) is 8.87. The second-order valence-electron chi connectivity index (χ2n) is 4.85. The Morgan fingerprint density at radius 1 is 1.18 bits per heavy atom. The number of hydrogen-bond donors (Lipinski definition) is 0. The van der Waals surface area contributed by atoms with Crippen LogP contribution in [0.3, 0.4) is 0 Å². The predicted molar refractivity (Wildman–Crippen MR) is 87.0 cm³/mol. The first kappa shape index (κ1) is 17.8. The van der Waals surface area contributed by atoms with Crippen LogP contribution in [0.25, 0.3) is 0 Å². The van der Waals surface area contributed by atoms with E-state index in [0.29, 0.717) is 31.0 Å². The lowest BCUT2D eigenvalue weighted by Crippen LogP contribution is -2.41. The first-order chi connectivity index (χ1) is 10.5. The van der Waals surface area contributed by atoms with E-state index in [1.165, 1.54) is 4.90 Å². The lowest BCUT2D eigenvalue weighted by Gasteiger charge is -2.23. The first-order valence-electron chi connectivity index (χ1n) is 7.40. The molecule has 1 aromatic carbocycles. The average Bonchev–Trinajstić information content (AvgIpc) is 2.53. The molecule has 120 valence electrons. The molecule has 0 saturated carbocycles. The van der Waals surface area contributed by atoms with Gasteiger partial charge in [-0.05, 0) is 38.1 Å². The fraction of sp³-hybridized carbons (Fsp3) is 0.412. The van der Waals surface area contributed by atoms with Gasteiger partial charge in [0.05, 0.1) is 6.54 Å². The maximum absolute atomic E-state index is 12.3. The fourth-order valence-corrected chi connectivity index (χ4v) is 2.02. The molecule has 0 bridgehead atoms. The van der Waals surface area contributed by atoms with Gasteiger partial charge in [0, 0.05) is 25.7 Å². The van der Waals surface area contributed by atoms with Crippen LogP contribution in [0.4, 0.5) is 0 Å². The van der Waals surface area contributed by atoms with Crippen molar-refractivity contribution in [1.82, 2.24) is 9.80 Å². The quantitative estimate of drug-likeness (QED) is 0.692. The third kappa shape index (κ3) is 4.91. The highest BCUT2D eigenvalue weighted by Crippen LogP contribution is 2.13. The van der Waals surface area contributed by atoms with Crippen molar-refractivity contribution in [3.05, 3.63) is 42.5 Å². The molecule has 0 saturated heterocycles. The second-order valence-corrected chi connectivity index (χ2v) is 4.85. The van der Waals surface area contributed by atoms with E-state index in [1.807, 2.05) is 13.8 Å². The van der Waals surface area contributed by atoms with Crippen LogP contribution in [0.15, 0.2) is 36.9 Å². The van der Waals surface area contributed by atoms with E-state index < -0.39 is 0 Å². The van der Waals surface area contributed by atoms with Gasteiger partial charge in [0.2, 0.25) is 5.91 Å². The summed E-state index contributed by atoms with van der Waals surface area (Å²) in [6.07, 6.45) is 1.66. The molecule has 0 aliphatic rings. The predicted octanol–water partition coefficient (Wildman–Crippen LogP) is 2.19. The maximum atomic E-state index is 12.3. The first-order valence-corrected chi connectivity index (χ1v) is 7.40. The van der Waals surface area contributed by atoms with Gasteiger partial charge in [0.1, 0.15) is 12.4 Å². The maximum Gasteiger partial charge on any atom is 0.254 e. The number of nitrogens with zero attached hydrogens (tertiary/aromatic N) is 2. The molecule has 0 aromatic heterocycles. The smallest absolute Gasteiger partial charge is 0.254 e. The number of benzene rings is 1. The zero-order valence-electron chi connectivity index (χ0n) is 13.5. The molecule has 0 unspecified atom stereocenters. The Labute approximate surface area is 132 Å². The minimum absolute atomic E-state index is 0.0493. The van der Waals surface area contributed by atoms with Crippen LogP contribution in [0.5, 0.6) is 5.75 Å². The van der Waals surface area contributed by atoms with Crippen molar-refractivity contribution in [2.24, 2.45) is 0 Å². The molecule has 22 heavy (non-hydrogen) atoms. The summed E-state index contributed by atoms with van der Waals surface area (Å²) in [5, 5.41) is 0. The van der Waals surface area contributed by atoms with E-state index >= 15 is 0 Å². The summed E-state index contributed by atoms with van der Waals surface area (Å²) in [7, 11) is 1.63. The van der Waals surface area contributed by atoms with E-state index in [2.05, 4.69) is 6.58 Å². The number of rotatable bonds is 8. The van der Waals surface area contributed by atoms with Crippen LogP contribution >= 0.6 is 0 Å². The number of amides is 2. The monoisotopic (exact) mass is 304 g/mol. The molecule has 5 nitrogen and oxygen atoms in total. The molecule has 1 aromatic rings. The highest BCUT2D eigenvalue weighted by Gasteiger charge is 2.17. The van der Waals surface area contributed by atoms with E-state index in [4.69, 9.17) is 4.74 Å². The summed E-state index contributed by atoms with van der Waals surface area (Å²) in [6, 6.07) is 6.85. The van der Waals surface area contributed by atoms with Crippen LogP contribution in [-0.4, -0.2) is 54.9 Å². The van der Waals surface area contributed by atoms with Crippen LogP contribution in [-0.2, 0) is 4.79 Å². The fourth-order valence-electron chi connectivity index (χ4n) is 2.02. The Morgan fingerprint density at radius 3 is 2.27 bits per heavy atom. The van der Waals surface area contributed by atoms with E-state index in [-0.39, 0.29) is 18.4 Å². The Bertz CT molecular complexity index is 507. The number of likely N-dealkylation sites (N-methyl/N-ethyl adjacent to an activating group) is 2. The lowest BCUT2D eigenvalue weighted by molar-refractivity contribution is -0.131. The molecule has 0 radical (unpaired) electrons. The summed E-state index contributed by atoms with van der Waals surface area (Å²) in [6.45, 7) is 9.21. The molecule has 0 aliphatic heterocycles. The number of carbonyl (C=O) groups excluding carboxylic acids is 2. The molecule has 0 heterocycles. The lowest BCUT2D eigenvalue weighted by atomic mass is 10.2. The topological polar surface area (TPSA) is 49.9 Å². The summed E-state index contributed by atoms with van der Waals surface area (Å²) in [5.74, 6) is 0.445. The highest BCUT2D eigenvalue weighted by molar-refractivity contribution is 5.96. The van der Waals surface area contributed by atoms with Gasteiger partial charge >= 0.3 is 0 Å². The summed E-state index contributed by atoms with van der Waals surface area (Å²) >= 11 is 0. The van der Waals surface area contributed by atoms with Crippen LogP contribution in [0, 0.1) is 0 Å². The molecule has 0 spiro atoms. The Kier molecular flexibility index (Phi) is 7.16. The van der Waals surface area contributed by atoms with Crippen molar-refractivity contribution in [3.63, 3.8) is 0 Å². The van der Waals surface area contributed by atoms with Crippen molar-refractivity contribution < 1.29 is 14.3 Å².